The molecular formula is C26H31ClN4O3. The minimum Gasteiger partial charge on any atom is -0.497 e. The number of carbonyl (C=O) groups is 2. The van der Waals surface area contributed by atoms with Crippen molar-refractivity contribution in [1.82, 2.24) is 14.7 Å². The number of hydrogen-bond donors (Lipinski definition) is 1. The van der Waals surface area contributed by atoms with Crippen LogP contribution < -0.4 is 10.1 Å². The monoisotopic (exact) mass is 482 g/mol. The molecule has 0 bridgehead atoms. The van der Waals surface area contributed by atoms with Gasteiger partial charge in [-0.15, -0.1) is 0 Å². The third-order valence-corrected chi connectivity index (χ3v) is 5.58. The smallest absolute Gasteiger partial charge is 0.254 e. The zero-order chi connectivity index (χ0) is 24.9. The lowest BCUT2D eigenvalue weighted by Crippen LogP contribution is -2.38. The second-order valence-corrected chi connectivity index (χ2v) is 9.44. The standard InChI is InChI=1S/C26H31ClN4O3/c1-6-14-30(25(33)18-10-9-11-19(15-18)34-5)17-24(32)28-23-16-22(26(2,3)4)29-31(23)21-13-8-7-12-20(21)27/h7-13,15-16H,6,14,17H2,1-5H3,(H,28,32). The van der Waals surface area contributed by atoms with E-state index >= 15 is 0 Å². The highest BCUT2D eigenvalue weighted by Crippen LogP contribution is 2.29. The minimum atomic E-state index is -0.321. The van der Waals surface area contributed by atoms with Crippen LogP contribution in [-0.4, -0.2) is 46.7 Å². The average molecular weight is 483 g/mol. The Morgan fingerprint density at radius 3 is 2.50 bits per heavy atom. The van der Waals surface area contributed by atoms with Crippen molar-refractivity contribution in [3.8, 4) is 11.4 Å². The Bertz CT molecular complexity index is 1170. The number of para-hydroxylation sites is 1. The maximum absolute atomic E-state index is 13.1. The molecule has 0 unspecified atom stereocenters. The predicted molar refractivity (Wildman–Crippen MR) is 135 cm³/mol. The van der Waals surface area contributed by atoms with Crippen LogP contribution >= 0.6 is 11.6 Å². The maximum Gasteiger partial charge on any atom is 0.254 e. The largest absolute Gasteiger partial charge is 0.497 e. The van der Waals surface area contributed by atoms with Crippen LogP contribution in [0.5, 0.6) is 5.75 Å². The van der Waals surface area contributed by atoms with E-state index in [4.69, 9.17) is 21.4 Å². The van der Waals surface area contributed by atoms with Crippen LogP contribution in [0, 0.1) is 0 Å². The zero-order valence-corrected chi connectivity index (χ0v) is 21.0. The Morgan fingerprint density at radius 1 is 1.12 bits per heavy atom. The lowest BCUT2D eigenvalue weighted by Gasteiger charge is -2.22. The Kier molecular flexibility index (Phi) is 7.99. The van der Waals surface area contributed by atoms with Crippen molar-refractivity contribution in [1.29, 1.82) is 0 Å². The molecule has 1 aromatic heterocycles. The molecule has 0 aliphatic carbocycles. The van der Waals surface area contributed by atoms with Crippen LogP contribution in [-0.2, 0) is 10.2 Å². The fourth-order valence-corrected chi connectivity index (χ4v) is 3.68. The molecular weight excluding hydrogens is 452 g/mol. The van der Waals surface area contributed by atoms with Crippen LogP contribution in [0.3, 0.4) is 0 Å². The number of benzene rings is 2. The van der Waals surface area contributed by atoms with Gasteiger partial charge in [0.05, 0.1) is 23.5 Å². The lowest BCUT2D eigenvalue weighted by atomic mass is 9.92. The summed E-state index contributed by atoms with van der Waals surface area (Å²) in [4.78, 5) is 27.7. The lowest BCUT2D eigenvalue weighted by molar-refractivity contribution is -0.116. The molecule has 0 saturated carbocycles. The van der Waals surface area contributed by atoms with Crippen LogP contribution in [0.1, 0.15) is 50.2 Å². The van der Waals surface area contributed by atoms with Gasteiger partial charge in [-0.1, -0.05) is 57.5 Å². The molecule has 0 saturated heterocycles. The van der Waals surface area contributed by atoms with Gasteiger partial charge in [0, 0.05) is 23.6 Å². The van der Waals surface area contributed by atoms with E-state index in [1.165, 1.54) is 4.90 Å². The highest BCUT2D eigenvalue weighted by atomic mass is 35.5. The number of nitrogens with zero attached hydrogens (tertiary/aromatic N) is 3. The van der Waals surface area contributed by atoms with Gasteiger partial charge in [-0.25, -0.2) is 4.68 Å². The molecule has 1 N–H and O–H groups in total. The van der Waals surface area contributed by atoms with E-state index in [1.54, 1.807) is 42.1 Å². The first kappa shape index (κ1) is 25.3. The summed E-state index contributed by atoms with van der Waals surface area (Å²) in [6.07, 6.45) is 0.717. The molecule has 7 nitrogen and oxygen atoms in total. The normalized spacial score (nSPS) is 11.2. The van der Waals surface area contributed by atoms with E-state index in [0.717, 1.165) is 5.69 Å². The Balaban J connectivity index is 1.86. The topological polar surface area (TPSA) is 76.5 Å². The first-order valence-corrected chi connectivity index (χ1v) is 11.6. The Morgan fingerprint density at radius 2 is 1.85 bits per heavy atom. The summed E-state index contributed by atoms with van der Waals surface area (Å²) in [5.74, 6) is 0.530. The van der Waals surface area contributed by atoms with E-state index in [-0.39, 0.29) is 23.8 Å². The van der Waals surface area contributed by atoms with Gasteiger partial charge in [0.1, 0.15) is 18.1 Å². The van der Waals surface area contributed by atoms with E-state index in [1.807, 2.05) is 52.0 Å². The van der Waals surface area contributed by atoms with E-state index < -0.39 is 0 Å². The molecule has 3 rings (SSSR count). The van der Waals surface area contributed by atoms with Crippen molar-refractivity contribution in [3.05, 3.63) is 70.9 Å². The van der Waals surface area contributed by atoms with E-state index in [9.17, 15) is 9.59 Å². The number of methoxy groups -OCH3 is 1. The number of amides is 2. The van der Waals surface area contributed by atoms with Crippen LogP contribution in [0.2, 0.25) is 5.02 Å². The molecule has 0 fully saturated rings. The third kappa shape index (κ3) is 5.97. The number of rotatable bonds is 8. The summed E-state index contributed by atoms with van der Waals surface area (Å²) in [5.41, 5.74) is 1.70. The Labute approximate surface area is 205 Å². The highest BCUT2D eigenvalue weighted by Gasteiger charge is 2.24. The molecule has 2 amide bonds. The van der Waals surface area contributed by atoms with Crippen LogP contribution in [0.15, 0.2) is 54.6 Å². The molecule has 0 aliphatic rings. The van der Waals surface area contributed by atoms with Gasteiger partial charge in [-0.3, -0.25) is 9.59 Å². The van der Waals surface area contributed by atoms with Crippen molar-refractivity contribution < 1.29 is 14.3 Å². The first-order chi connectivity index (χ1) is 16.1. The second-order valence-electron chi connectivity index (χ2n) is 9.03. The molecule has 0 atom stereocenters. The molecule has 8 heteroatoms. The van der Waals surface area contributed by atoms with Crippen molar-refractivity contribution >= 4 is 29.2 Å². The first-order valence-electron chi connectivity index (χ1n) is 11.2. The van der Waals surface area contributed by atoms with Gasteiger partial charge in [0.25, 0.3) is 5.91 Å². The van der Waals surface area contributed by atoms with Gasteiger partial charge in [0.2, 0.25) is 5.91 Å². The second kappa shape index (κ2) is 10.7. The number of aromatic nitrogens is 2. The minimum absolute atomic E-state index is 0.0948. The van der Waals surface area contributed by atoms with Gasteiger partial charge >= 0.3 is 0 Å². The summed E-state index contributed by atoms with van der Waals surface area (Å²) in [6.45, 7) is 8.46. The number of halogens is 1. The summed E-state index contributed by atoms with van der Waals surface area (Å²) in [5, 5.41) is 8.15. The fourth-order valence-electron chi connectivity index (χ4n) is 3.46. The van der Waals surface area contributed by atoms with Gasteiger partial charge in [-0.2, -0.15) is 5.10 Å². The number of ether oxygens (including phenoxy) is 1. The number of nitrogens with one attached hydrogen (secondary N) is 1. The summed E-state index contributed by atoms with van der Waals surface area (Å²) < 4.78 is 6.86. The summed E-state index contributed by atoms with van der Waals surface area (Å²) >= 11 is 6.41. The quantitative estimate of drug-likeness (QED) is 0.471. The van der Waals surface area contributed by atoms with Crippen molar-refractivity contribution in [2.75, 3.05) is 25.5 Å². The van der Waals surface area contributed by atoms with Crippen molar-refractivity contribution in [2.45, 2.75) is 39.5 Å². The molecule has 0 radical (unpaired) electrons. The molecule has 2 aromatic carbocycles. The number of carbonyl (C=O) groups excluding carboxylic acids is 2. The third-order valence-electron chi connectivity index (χ3n) is 5.26. The highest BCUT2D eigenvalue weighted by molar-refractivity contribution is 6.32. The maximum atomic E-state index is 13.1. The van der Waals surface area contributed by atoms with Crippen LogP contribution in [0.25, 0.3) is 5.69 Å². The molecule has 3 aromatic rings. The zero-order valence-electron chi connectivity index (χ0n) is 20.3. The molecule has 0 spiro atoms. The van der Waals surface area contributed by atoms with Crippen LogP contribution in [0.4, 0.5) is 5.82 Å². The summed E-state index contributed by atoms with van der Waals surface area (Å²) in [7, 11) is 1.55. The van der Waals surface area contributed by atoms with Gasteiger partial charge < -0.3 is 15.0 Å². The molecule has 0 aliphatic heterocycles. The number of anilines is 1. The molecule has 180 valence electrons. The number of hydrogen-bond acceptors (Lipinski definition) is 4. The fraction of sp³-hybridized carbons (Fsp3) is 0.346. The van der Waals surface area contributed by atoms with Gasteiger partial charge in [0.15, 0.2) is 0 Å². The predicted octanol–water partition coefficient (Wildman–Crippen LogP) is 5.32. The summed E-state index contributed by atoms with van der Waals surface area (Å²) in [6, 6.07) is 16.1. The SMILES string of the molecule is CCCN(CC(=O)Nc1cc(C(C)(C)C)nn1-c1ccccc1Cl)C(=O)c1cccc(OC)c1. The van der Waals surface area contributed by atoms with Crippen molar-refractivity contribution in [2.24, 2.45) is 0 Å². The van der Waals surface area contributed by atoms with Gasteiger partial charge in [-0.05, 0) is 36.8 Å². The molecule has 1 heterocycles. The average Bonchev–Trinajstić information content (AvgIpc) is 3.22. The Hall–Kier alpha value is -3.32. The van der Waals surface area contributed by atoms with Crippen molar-refractivity contribution in [3.63, 3.8) is 0 Å². The van der Waals surface area contributed by atoms with E-state index in [0.29, 0.717) is 40.8 Å². The van der Waals surface area contributed by atoms with E-state index in [2.05, 4.69) is 5.32 Å². The molecule has 34 heavy (non-hydrogen) atoms.